The van der Waals surface area contributed by atoms with E-state index in [1.54, 1.807) is 0 Å². The SMILES string of the molecule is CCc1c(C)nn(-c2cnc(CNC3CC3)cn2)c1C. The number of aromatic nitrogens is 4. The second kappa shape index (κ2) is 5.32. The van der Waals surface area contributed by atoms with Gasteiger partial charge in [0.15, 0.2) is 5.82 Å². The van der Waals surface area contributed by atoms with Crippen LogP contribution in [0, 0.1) is 13.8 Å². The zero-order valence-corrected chi connectivity index (χ0v) is 12.3. The van der Waals surface area contributed by atoms with Crippen LogP contribution in [0.3, 0.4) is 0 Å². The molecule has 20 heavy (non-hydrogen) atoms. The molecule has 2 aromatic heterocycles. The first-order chi connectivity index (χ1) is 9.69. The van der Waals surface area contributed by atoms with E-state index in [0.29, 0.717) is 6.04 Å². The molecule has 1 aliphatic rings. The van der Waals surface area contributed by atoms with Gasteiger partial charge in [-0.25, -0.2) is 9.67 Å². The van der Waals surface area contributed by atoms with Crippen molar-refractivity contribution in [3.63, 3.8) is 0 Å². The standard InChI is InChI=1S/C15H21N5/c1-4-14-10(2)19-20(11(14)3)15-9-17-13(8-18-15)7-16-12-5-6-12/h8-9,12,16H,4-7H2,1-3H3. The number of rotatable bonds is 5. The molecule has 1 aliphatic carbocycles. The Morgan fingerprint density at radius 3 is 2.60 bits per heavy atom. The molecule has 1 N–H and O–H groups in total. The van der Waals surface area contributed by atoms with E-state index in [9.17, 15) is 0 Å². The predicted octanol–water partition coefficient (Wildman–Crippen LogP) is 2.09. The van der Waals surface area contributed by atoms with Crippen LogP contribution in [0.1, 0.15) is 42.4 Å². The number of aryl methyl sites for hydroxylation is 1. The largest absolute Gasteiger partial charge is 0.308 e. The summed E-state index contributed by atoms with van der Waals surface area (Å²) in [5.74, 6) is 0.792. The average Bonchev–Trinajstić information content (AvgIpc) is 3.23. The van der Waals surface area contributed by atoms with Crippen LogP contribution in [0.2, 0.25) is 0 Å². The smallest absolute Gasteiger partial charge is 0.172 e. The van der Waals surface area contributed by atoms with Gasteiger partial charge < -0.3 is 5.32 Å². The molecule has 3 rings (SSSR count). The summed E-state index contributed by atoms with van der Waals surface area (Å²) in [5.41, 5.74) is 4.51. The Labute approximate surface area is 119 Å². The van der Waals surface area contributed by atoms with Gasteiger partial charge in [0.25, 0.3) is 0 Å². The Morgan fingerprint density at radius 1 is 1.25 bits per heavy atom. The second-order valence-corrected chi connectivity index (χ2v) is 5.44. The Hall–Kier alpha value is -1.75. The zero-order chi connectivity index (χ0) is 14.1. The molecule has 0 unspecified atom stereocenters. The van der Waals surface area contributed by atoms with Crippen LogP contribution in [-0.2, 0) is 13.0 Å². The maximum atomic E-state index is 4.56. The van der Waals surface area contributed by atoms with Gasteiger partial charge in [-0.1, -0.05) is 6.92 Å². The molecular formula is C15H21N5. The maximum absolute atomic E-state index is 4.56. The van der Waals surface area contributed by atoms with Crippen molar-refractivity contribution in [3.8, 4) is 5.82 Å². The van der Waals surface area contributed by atoms with Crippen LogP contribution in [-0.4, -0.2) is 25.8 Å². The molecule has 1 fully saturated rings. The quantitative estimate of drug-likeness (QED) is 0.904. The monoisotopic (exact) mass is 271 g/mol. The van der Waals surface area contributed by atoms with Crippen molar-refractivity contribution in [2.45, 2.75) is 52.6 Å². The van der Waals surface area contributed by atoms with Crippen LogP contribution in [0.25, 0.3) is 5.82 Å². The van der Waals surface area contributed by atoms with Crippen molar-refractivity contribution in [1.29, 1.82) is 0 Å². The fourth-order valence-electron chi connectivity index (χ4n) is 2.49. The van der Waals surface area contributed by atoms with Gasteiger partial charge >= 0.3 is 0 Å². The van der Waals surface area contributed by atoms with Crippen molar-refractivity contribution < 1.29 is 0 Å². The van der Waals surface area contributed by atoms with E-state index in [0.717, 1.165) is 35.9 Å². The van der Waals surface area contributed by atoms with Gasteiger partial charge in [0.1, 0.15) is 0 Å². The number of nitrogens with one attached hydrogen (secondary N) is 1. The van der Waals surface area contributed by atoms with Crippen molar-refractivity contribution in [3.05, 3.63) is 35.0 Å². The third kappa shape index (κ3) is 2.58. The topological polar surface area (TPSA) is 55.6 Å². The first-order valence-corrected chi connectivity index (χ1v) is 7.28. The summed E-state index contributed by atoms with van der Waals surface area (Å²) in [5, 5.41) is 8.00. The molecule has 2 aromatic rings. The van der Waals surface area contributed by atoms with E-state index in [2.05, 4.69) is 34.2 Å². The molecule has 0 atom stereocenters. The molecule has 2 heterocycles. The van der Waals surface area contributed by atoms with Crippen molar-refractivity contribution in [1.82, 2.24) is 25.1 Å². The van der Waals surface area contributed by atoms with E-state index in [-0.39, 0.29) is 0 Å². The van der Waals surface area contributed by atoms with Gasteiger partial charge in [0, 0.05) is 18.3 Å². The van der Waals surface area contributed by atoms with E-state index in [1.165, 1.54) is 18.4 Å². The summed E-state index contributed by atoms with van der Waals surface area (Å²) in [6, 6.07) is 0.694. The molecule has 0 amide bonds. The highest BCUT2D eigenvalue weighted by atomic mass is 15.3. The molecular weight excluding hydrogens is 250 g/mol. The summed E-state index contributed by atoms with van der Waals surface area (Å²) >= 11 is 0. The molecule has 5 nitrogen and oxygen atoms in total. The van der Waals surface area contributed by atoms with Gasteiger partial charge in [0.2, 0.25) is 0 Å². The lowest BCUT2D eigenvalue weighted by molar-refractivity contribution is 0.669. The first-order valence-electron chi connectivity index (χ1n) is 7.28. The molecule has 0 spiro atoms. The molecule has 0 aliphatic heterocycles. The lowest BCUT2D eigenvalue weighted by Crippen LogP contribution is -2.16. The van der Waals surface area contributed by atoms with Crippen LogP contribution in [0.4, 0.5) is 0 Å². The number of hydrogen-bond donors (Lipinski definition) is 1. The summed E-state index contributed by atoms with van der Waals surface area (Å²) in [4.78, 5) is 8.97. The molecule has 0 radical (unpaired) electrons. The molecule has 5 heteroatoms. The highest BCUT2D eigenvalue weighted by molar-refractivity contribution is 5.31. The van der Waals surface area contributed by atoms with Crippen LogP contribution < -0.4 is 5.32 Å². The zero-order valence-electron chi connectivity index (χ0n) is 12.3. The summed E-state index contributed by atoms with van der Waals surface area (Å²) in [6.07, 6.45) is 7.22. The number of hydrogen-bond acceptors (Lipinski definition) is 4. The van der Waals surface area contributed by atoms with Gasteiger partial charge in [0.05, 0.1) is 23.8 Å². The minimum absolute atomic E-state index is 0.694. The Kier molecular flexibility index (Phi) is 3.53. The molecule has 0 bridgehead atoms. The van der Waals surface area contributed by atoms with E-state index in [4.69, 9.17) is 0 Å². The first kappa shape index (κ1) is 13.2. The number of nitrogens with zero attached hydrogens (tertiary/aromatic N) is 4. The van der Waals surface area contributed by atoms with Gasteiger partial charge in [-0.3, -0.25) is 4.98 Å². The van der Waals surface area contributed by atoms with Crippen molar-refractivity contribution >= 4 is 0 Å². The minimum atomic E-state index is 0.694. The van der Waals surface area contributed by atoms with E-state index >= 15 is 0 Å². The third-order valence-electron chi connectivity index (χ3n) is 3.85. The van der Waals surface area contributed by atoms with E-state index < -0.39 is 0 Å². The third-order valence-corrected chi connectivity index (χ3v) is 3.85. The van der Waals surface area contributed by atoms with Gasteiger partial charge in [-0.05, 0) is 38.7 Å². The fraction of sp³-hybridized carbons (Fsp3) is 0.533. The maximum Gasteiger partial charge on any atom is 0.172 e. The Morgan fingerprint density at radius 2 is 2.05 bits per heavy atom. The van der Waals surface area contributed by atoms with Crippen molar-refractivity contribution in [2.75, 3.05) is 0 Å². The van der Waals surface area contributed by atoms with Gasteiger partial charge in [-0.15, -0.1) is 0 Å². The highest BCUT2D eigenvalue weighted by Gasteiger charge is 2.20. The van der Waals surface area contributed by atoms with Crippen molar-refractivity contribution in [2.24, 2.45) is 0 Å². The lowest BCUT2D eigenvalue weighted by Gasteiger charge is -2.05. The highest BCUT2D eigenvalue weighted by Crippen LogP contribution is 2.19. The van der Waals surface area contributed by atoms with Gasteiger partial charge in [-0.2, -0.15) is 5.10 Å². The minimum Gasteiger partial charge on any atom is -0.308 e. The average molecular weight is 271 g/mol. The Balaban J connectivity index is 1.79. The lowest BCUT2D eigenvalue weighted by atomic mass is 10.1. The van der Waals surface area contributed by atoms with E-state index in [1.807, 2.05) is 24.0 Å². The summed E-state index contributed by atoms with van der Waals surface area (Å²) < 4.78 is 1.89. The Bertz CT molecular complexity index is 595. The normalized spacial score (nSPS) is 14.8. The summed E-state index contributed by atoms with van der Waals surface area (Å²) in [6.45, 7) is 7.09. The molecule has 0 aromatic carbocycles. The summed E-state index contributed by atoms with van der Waals surface area (Å²) in [7, 11) is 0. The van der Waals surface area contributed by atoms with Crippen LogP contribution in [0.15, 0.2) is 12.4 Å². The predicted molar refractivity (Wildman–Crippen MR) is 77.9 cm³/mol. The molecule has 106 valence electrons. The van der Waals surface area contributed by atoms with Crippen LogP contribution in [0.5, 0.6) is 0 Å². The second-order valence-electron chi connectivity index (χ2n) is 5.44. The van der Waals surface area contributed by atoms with Crippen LogP contribution >= 0.6 is 0 Å². The molecule has 0 saturated heterocycles. The fourth-order valence-corrected chi connectivity index (χ4v) is 2.49. The molecule has 1 saturated carbocycles.